The van der Waals surface area contributed by atoms with Gasteiger partial charge in [0.15, 0.2) is 9.84 Å². The standard InChI is InChI=1S/C23H21NO5S/c1-14-5-11-18-16(13-14)8-12-19(24-18)28-21-20(23(2,3)29-22(21)25)15-6-9-17(10-7-15)30(4,26)27/h5-13H,1-4H3. The Morgan fingerprint density at radius 1 is 1.00 bits per heavy atom. The molecule has 0 N–H and O–H groups in total. The van der Waals surface area contributed by atoms with Crippen LogP contribution in [0.4, 0.5) is 0 Å². The van der Waals surface area contributed by atoms with E-state index in [9.17, 15) is 13.2 Å². The minimum absolute atomic E-state index is 0.0473. The summed E-state index contributed by atoms with van der Waals surface area (Å²) in [4.78, 5) is 17.3. The second-order valence-corrected chi connectivity index (χ2v) is 9.86. The average Bonchev–Trinajstić information content (AvgIpc) is 2.89. The third kappa shape index (κ3) is 3.68. The van der Waals surface area contributed by atoms with Crippen molar-refractivity contribution in [2.45, 2.75) is 31.3 Å². The lowest BCUT2D eigenvalue weighted by Crippen LogP contribution is -2.22. The maximum atomic E-state index is 12.6. The van der Waals surface area contributed by atoms with Crippen LogP contribution in [-0.4, -0.2) is 31.2 Å². The predicted molar refractivity (Wildman–Crippen MR) is 114 cm³/mol. The third-order valence-electron chi connectivity index (χ3n) is 4.96. The molecule has 30 heavy (non-hydrogen) atoms. The molecule has 1 aliphatic heterocycles. The summed E-state index contributed by atoms with van der Waals surface area (Å²) in [6.45, 7) is 5.53. The maximum absolute atomic E-state index is 12.6. The van der Waals surface area contributed by atoms with E-state index in [2.05, 4.69) is 4.98 Å². The summed E-state index contributed by atoms with van der Waals surface area (Å²) in [7, 11) is -3.32. The molecule has 2 aromatic carbocycles. The highest BCUT2D eigenvalue weighted by atomic mass is 32.2. The summed E-state index contributed by atoms with van der Waals surface area (Å²) in [6, 6.07) is 15.8. The van der Waals surface area contributed by atoms with Crippen LogP contribution in [0.15, 0.2) is 65.3 Å². The molecule has 1 aliphatic rings. The number of fused-ring (bicyclic) bond motifs is 1. The van der Waals surface area contributed by atoms with E-state index in [0.29, 0.717) is 11.1 Å². The first-order valence-electron chi connectivity index (χ1n) is 9.38. The van der Waals surface area contributed by atoms with E-state index in [0.717, 1.165) is 22.7 Å². The molecule has 0 bridgehead atoms. The van der Waals surface area contributed by atoms with Crippen molar-refractivity contribution in [3.05, 3.63) is 71.5 Å². The second kappa shape index (κ2) is 6.95. The molecule has 0 saturated heterocycles. The van der Waals surface area contributed by atoms with E-state index >= 15 is 0 Å². The van der Waals surface area contributed by atoms with Gasteiger partial charge in [-0.25, -0.2) is 18.2 Å². The number of esters is 1. The number of pyridine rings is 1. The number of carbonyl (C=O) groups is 1. The number of aryl methyl sites for hydroxylation is 1. The maximum Gasteiger partial charge on any atom is 0.375 e. The zero-order valence-corrected chi connectivity index (χ0v) is 17.9. The Morgan fingerprint density at radius 3 is 2.37 bits per heavy atom. The van der Waals surface area contributed by atoms with E-state index in [1.54, 1.807) is 32.0 Å². The van der Waals surface area contributed by atoms with Gasteiger partial charge in [-0.1, -0.05) is 23.8 Å². The first-order chi connectivity index (χ1) is 14.0. The van der Waals surface area contributed by atoms with Gasteiger partial charge in [-0.05, 0) is 56.7 Å². The van der Waals surface area contributed by atoms with Crippen molar-refractivity contribution in [2.24, 2.45) is 0 Å². The fourth-order valence-electron chi connectivity index (χ4n) is 3.53. The van der Waals surface area contributed by atoms with Gasteiger partial charge in [0, 0.05) is 17.7 Å². The lowest BCUT2D eigenvalue weighted by atomic mass is 9.92. The summed E-state index contributed by atoms with van der Waals surface area (Å²) in [6.07, 6.45) is 1.15. The Kier molecular flexibility index (Phi) is 4.66. The van der Waals surface area contributed by atoms with Crippen molar-refractivity contribution in [1.82, 2.24) is 4.98 Å². The Bertz CT molecular complexity index is 1310. The normalized spacial score (nSPS) is 16.1. The highest BCUT2D eigenvalue weighted by Gasteiger charge is 2.43. The van der Waals surface area contributed by atoms with Crippen molar-refractivity contribution in [2.75, 3.05) is 6.26 Å². The Labute approximate surface area is 175 Å². The Morgan fingerprint density at radius 2 is 1.70 bits per heavy atom. The number of carbonyl (C=O) groups excluding carboxylic acids is 1. The van der Waals surface area contributed by atoms with Crippen LogP contribution in [0, 0.1) is 6.92 Å². The van der Waals surface area contributed by atoms with Gasteiger partial charge in [0.05, 0.1) is 16.0 Å². The van der Waals surface area contributed by atoms with Crippen molar-refractivity contribution < 1.29 is 22.7 Å². The lowest BCUT2D eigenvalue weighted by Gasteiger charge is -2.21. The van der Waals surface area contributed by atoms with Crippen LogP contribution in [0.1, 0.15) is 25.0 Å². The Hall–Kier alpha value is -3.19. The van der Waals surface area contributed by atoms with Gasteiger partial charge in [-0.2, -0.15) is 0 Å². The van der Waals surface area contributed by atoms with Crippen LogP contribution in [0.5, 0.6) is 5.88 Å². The van der Waals surface area contributed by atoms with Crippen LogP contribution >= 0.6 is 0 Å². The largest absolute Gasteiger partial charge is 0.449 e. The van der Waals surface area contributed by atoms with Crippen LogP contribution in [-0.2, 0) is 19.4 Å². The molecule has 3 aromatic rings. The molecular formula is C23H21NO5S. The first-order valence-corrected chi connectivity index (χ1v) is 11.3. The van der Waals surface area contributed by atoms with Gasteiger partial charge in [-0.15, -0.1) is 0 Å². The molecule has 6 nitrogen and oxygen atoms in total. The third-order valence-corrected chi connectivity index (χ3v) is 6.09. The quantitative estimate of drug-likeness (QED) is 0.588. The van der Waals surface area contributed by atoms with Crippen LogP contribution in [0.3, 0.4) is 0 Å². The summed E-state index contributed by atoms with van der Waals surface area (Å²) in [5, 5.41) is 0.974. The monoisotopic (exact) mass is 423 g/mol. The van der Waals surface area contributed by atoms with E-state index in [1.807, 2.05) is 31.2 Å². The van der Waals surface area contributed by atoms with Crippen LogP contribution in [0.25, 0.3) is 16.5 Å². The SMILES string of the molecule is Cc1ccc2nc(OC3=C(c4ccc(S(C)(=O)=O)cc4)C(C)(C)OC3=O)ccc2c1. The van der Waals surface area contributed by atoms with Crippen molar-refractivity contribution in [1.29, 1.82) is 0 Å². The first kappa shape index (κ1) is 20.1. The molecule has 7 heteroatoms. The molecule has 4 rings (SSSR count). The fourth-order valence-corrected chi connectivity index (χ4v) is 4.16. The summed E-state index contributed by atoms with van der Waals surface area (Å²) >= 11 is 0. The molecule has 0 atom stereocenters. The average molecular weight is 423 g/mol. The topological polar surface area (TPSA) is 82.6 Å². The zero-order chi connectivity index (χ0) is 21.7. The predicted octanol–water partition coefficient (Wildman–Crippen LogP) is 4.07. The van der Waals surface area contributed by atoms with Crippen LogP contribution in [0.2, 0.25) is 0 Å². The molecule has 1 aromatic heterocycles. The van der Waals surface area contributed by atoms with E-state index in [-0.39, 0.29) is 16.5 Å². The van der Waals surface area contributed by atoms with Gasteiger partial charge < -0.3 is 9.47 Å². The van der Waals surface area contributed by atoms with E-state index in [1.165, 1.54) is 12.1 Å². The molecule has 0 amide bonds. The van der Waals surface area contributed by atoms with Crippen LogP contribution < -0.4 is 4.74 Å². The molecule has 0 spiro atoms. The number of cyclic esters (lactones) is 1. The highest BCUT2D eigenvalue weighted by molar-refractivity contribution is 7.90. The van der Waals surface area contributed by atoms with Gasteiger partial charge in [0.2, 0.25) is 11.6 Å². The zero-order valence-electron chi connectivity index (χ0n) is 17.1. The number of rotatable bonds is 4. The van der Waals surface area contributed by atoms with E-state index in [4.69, 9.17) is 9.47 Å². The number of sulfone groups is 1. The summed E-state index contributed by atoms with van der Waals surface area (Å²) < 4.78 is 34.9. The number of benzene rings is 2. The minimum Gasteiger partial charge on any atom is -0.449 e. The number of aromatic nitrogens is 1. The van der Waals surface area contributed by atoms with Gasteiger partial charge >= 0.3 is 5.97 Å². The lowest BCUT2D eigenvalue weighted by molar-refractivity contribution is -0.145. The highest BCUT2D eigenvalue weighted by Crippen LogP contribution is 2.40. The molecule has 154 valence electrons. The molecule has 0 aliphatic carbocycles. The van der Waals surface area contributed by atoms with Crippen molar-refractivity contribution in [3.63, 3.8) is 0 Å². The molecule has 0 saturated carbocycles. The molecule has 2 heterocycles. The van der Waals surface area contributed by atoms with Crippen molar-refractivity contribution in [3.8, 4) is 5.88 Å². The molecule has 0 radical (unpaired) electrons. The molecule has 0 fully saturated rings. The minimum atomic E-state index is -3.32. The Balaban J connectivity index is 1.78. The smallest absolute Gasteiger partial charge is 0.375 e. The summed E-state index contributed by atoms with van der Waals surface area (Å²) in [5.41, 5.74) is 2.13. The number of nitrogens with zero attached hydrogens (tertiary/aromatic N) is 1. The van der Waals surface area contributed by atoms with E-state index < -0.39 is 21.4 Å². The second-order valence-electron chi connectivity index (χ2n) is 7.85. The van der Waals surface area contributed by atoms with Gasteiger partial charge in [0.1, 0.15) is 5.60 Å². The number of hydrogen-bond donors (Lipinski definition) is 0. The number of ether oxygens (including phenoxy) is 2. The fraction of sp³-hybridized carbons (Fsp3) is 0.217. The molecule has 0 unspecified atom stereocenters. The van der Waals surface area contributed by atoms with Crippen molar-refractivity contribution >= 4 is 32.3 Å². The summed E-state index contributed by atoms with van der Waals surface area (Å²) in [5.74, 6) is -0.264. The van der Waals surface area contributed by atoms with Gasteiger partial charge in [0.25, 0.3) is 0 Å². The van der Waals surface area contributed by atoms with Gasteiger partial charge in [-0.3, -0.25) is 0 Å². The number of hydrogen-bond acceptors (Lipinski definition) is 6. The molecular weight excluding hydrogens is 402 g/mol.